The Bertz CT molecular complexity index is 1340. The molecule has 2 atom stereocenters. The smallest absolute Gasteiger partial charge is 0.157 e. The largest absolute Gasteiger partial charge is 0.357 e. The first-order valence-corrected chi connectivity index (χ1v) is 11.7. The van der Waals surface area contributed by atoms with E-state index < -0.39 is 0 Å². The summed E-state index contributed by atoms with van der Waals surface area (Å²) in [5.74, 6) is 2.41. The van der Waals surface area contributed by atoms with Crippen molar-refractivity contribution in [3.05, 3.63) is 75.8 Å². The summed E-state index contributed by atoms with van der Waals surface area (Å²) in [6, 6.07) is 18.7. The molecule has 2 unspecified atom stereocenters. The van der Waals surface area contributed by atoms with Crippen LogP contribution in [0.2, 0.25) is 5.02 Å². The summed E-state index contributed by atoms with van der Waals surface area (Å²) in [6.45, 7) is 8.75. The van der Waals surface area contributed by atoms with Crippen LogP contribution >= 0.6 is 11.6 Å². The number of nitriles is 1. The van der Waals surface area contributed by atoms with Crippen molar-refractivity contribution >= 4 is 34.1 Å². The second kappa shape index (κ2) is 8.15. The van der Waals surface area contributed by atoms with Crippen molar-refractivity contribution in [1.29, 1.82) is 5.26 Å². The van der Waals surface area contributed by atoms with E-state index in [-0.39, 0.29) is 0 Å². The van der Waals surface area contributed by atoms with Crippen molar-refractivity contribution in [3.8, 4) is 6.07 Å². The van der Waals surface area contributed by atoms with E-state index in [0.717, 1.165) is 46.8 Å². The topological polar surface area (TPSA) is 44.3 Å². The van der Waals surface area contributed by atoms with Crippen LogP contribution in [0.5, 0.6) is 0 Å². The number of imidazole rings is 1. The number of piperidine rings is 1. The molecule has 32 heavy (non-hydrogen) atoms. The highest BCUT2D eigenvalue weighted by Crippen LogP contribution is 2.37. The molecular formula is C27H27ClN4. The molecule has 2 aromatic carbocycles. The number of aromatic nitrogens is 2. The van der Waals surface area contributed by atoms with Crippen molar-refractivity contribution in [2.45, 2.75) is 33.6 Å². The fraction of sp³-hybridized carbons (Fsp3) is 0.333. The van der Waals surface area contributed by atoms with Gasteiger partial charge in [0.1, 0.15) is 11.9 Å². The molecule has 4 nitrogen and oxygen atoms in total. The van der Waals surface area contributed by atoms with Gasteiger partial charge in [0.2, 0.25) is 0 Å². The van der Waals surface area contributed by atoms with E-state index in [1.807, 2.05) is 30.3 Å². The number of halogens is 1. The summed E-state index contributed by atoms with van der Waals surface area (Å²) < 4.78 is 2.23. The van der Waals surface area contributed by atoms with Crippen LogP contribution in [0.4, 0.5) is 5.82 Å². The Labute approximate surface area is 194 Å². The highest BCUT2D eigenvalue weighted by molar-refractivity contribution is 6.30. The van der Waals surface area contributed by atoms with Gasteiger partial charge < -0.3 is 4.90 Å². The van der Waals surface area contributed by atoms with Crippen molar-refractivity contribution in [2.24, 2.45) is 11.8 Å². The lowest BCUT2D eigenvalue weighted by Crippen LogP contribution is -2.40. The lowest BCUT2D eigenvalue weighted by Gasteiger charge is -2.38. The van der Waals surface area contributed by atoms with Crippen molar-refractivity contribution < 1.29 is 0 Å². The Balaban J connectivity index is 1.83. The van der Waals surface area contributed by atoms with Gasteiger partial charge >= 0.3 is 0 Å². The van der Waals surface area contributed by atoms with E-state index in [4.69, 9.17) is 16.6 Å². The summed E-state index contributed by atoms with van der Waals surface area (Å²) in [6.07, 6.45) is 1.99. The molecule has 4 aromatic rings. The molecule has 0 N–H and O–H groups in total. The number of fused-ring (bicyclic) bond motifs is 3. The first-order valence-electron chi connectivity index (χ1n) is 11.3. The van der Waals surface area contributed by atoms with Gasteiger partial charge in [-0.15, -0.1) is 0 Å². The van der Waals surface area contributed by atoms with Crippen LogP contribution in [0, 0.1) is 30.1 Å². The highest BCUT2D eigenvalue weighted by atomic mass is 35.5. The number of pyridine rings is 1. The molecule has 2 aromatic heterocycles. The average molecular weight is 443 g/mol. The zero-order valence-corrected chi connectivity index (χ0v) is 19.5. The van der Waals surface area contributed by atoms with Crippen LogP contribution in [-0.2, 0) is 6.42 Å². The quantitative estimate of drug-likeness (QED) is 0.369. The van der Waals surface area contributed by atoms with E-state index in [2.05, 4.69) is 54.3 Å². The van der Waals surface area contributed by atoms with Crippen molar-refractivity contribution in [1.82, 2.24) is 9.38 Å². The van der Waals surface area contributed by atoms with Gasteiger partial charge in [0, 0.05) is 30.1 Å². The fourth-order valence-corrected chi connectivity index (χ4v) is 5.48. The van der Waals surface area contributed by atoms with Gasteiger partial charge in [-0.25, -0.2) is 4.98 Å². The Morgan fingerprint density at radius 3 is 2.44 bits per heavy atom. The average Bonchev–Trinajstić information content (AvgIpc) is 3.14. The van der Waals surface area contributed by atoms with Crippen LogP contribution in [0.25, 0.3) is 16.7 Å². The van der Waals surface area contributed by atoms with Gasteiger partial charge in [-0.1, -0.05) is 49.7 Å². The van der Waals surface area contributed by atoms with Gasteiger partial charge in [-0.05, 0) is 60.6 Å². The Kier molecular flexibility index (Phi) is 5.31. The minimum absolute atomic E-state index is 0.614. The summed E-state index contributed by atoms with van der Waals surface area (Å²) >= 11 is 6.14. The molecule has 0 bridgehead atoms. The number of hydrogen-bond donors (Lipinski definition) is 0. The van der Waals surface area contributed by atoms with Gasteiger partial charge in [0.15, 0.2) is 5.65 Å². The molecule has 5 rings (SSSR count). The molecule has 0 aliphatic carbocycles. The van der Waals surface area contributed by atoms with E-state index in [1.54, 1.807) is 0 Å². The maximum absolute atomic E-state index is 10.1. The SMILES string of the molecule is Cc1c(Cc2ccc(Cl)cc2)c(N2CC(C)CC(C)C2)n2c(nc3ccccc32)c1C#N. The second-order valence-corrected chi connectivity index (χ2v) is 9.76. The van der Waals surface area contributed by atoms with E-state index >= 15 is 0 Å². The second-order valence-electron chi connectivity index (χ2n) is 9.33. The molecule has 0 radical (unpaired) electrons. The molecule has 5 heteroatoms. The molecular weight excluding hydrogens is 416 g/mol. The Morgan fingerprint density at radius 2 is 1.75 bits per heavy atom. The summed E-state index contributed by atoms with van der Waals surface area (Å²) in [4.78, 5) is 7.42. The monoisotopic (exact) mass is 442 g/mol. The molecule has 1 fully saturated rings. The van der Waals surface area contributed by atoms with E-state index in [1.165, 1.54) is 23.4 Å². The molecule has 0 amide bonds. The van der Waals surface area contributed by atoms with Gasteiger partial charge in [-0.3, -0.25) is 4.40 Å². The van der Waals surface area contributed by atoms with Crippen LogP contribution in [0.1, 0.15) is 42.5 Å². The minimum atomic E-state index is 0.614. The normalized spacial score (nSPS) is 18.9. The number of hydrogen-bond acceptors (Lipinski definition) is 3. The fourth-order valence-electron chi connectivity index (χ4n) is 5.35. The molecule has 0 spiro atoms. The highest BCUT2D eigenvalue weighted by Gasteiger charge is 2.29. The molecule has 0 saturated carbocycles. The third kappa shape index (κ3) is 3.51. The van der Waals surface area contributed by atoms with E-state index in [0.29, 0.717) is 17.4 Å². The number of rotatable bonds is 3. The summed E-state index contributed by atoms with van der Waals surface area (Å²) in [5, 5.41) is 10.9. The Morgan fingerprint density at radius 1 is 1.06 bits per heavy atom. The first-order chi connectivity index (χ1) is 15.5. The predicted octanol–water partition coefficient (Wildman–Crippen LogP) is 6.39. The third-order valence-corrected chi connectivity index (χ3v) is 6.92. The van der Waals surface area contributed by atoms with Crippen LogP contribution in [0.3, 0.4) is 0 Å². The van der Waals surface area contributed by atoms with Crippen molar-refractivity contribution in [2.75, 3.05) is 18.0 Å². The predicted molar refractivity (Wildman–Crippen MR) is 132 cm³/mol. The maximum atomic E-state index is 10.1. The summed E-state index contributed by atoms with van der Waals surface area (Å²) in [7, 11) is 0. The maximum Gasteiger partial charge on any atom is 0.157 e. The number of benzene rings is 2. The molecule has 1 aliphatic heterocycles. The van der Waals surface area contributed by atoms with Crippen LogP contribution in [0.15, 0.2) is 48.5 Å². The zero-order chi connectivity index (χ0) is 22.4. The molecule has 1 saturated heterocycles. The lowest BCUT2D eigenvalue weighted by atomic mass is 9.90. The van der Waals surface area contributed by atoms with Crippen LogP contribution < -0.4 is 4.90 Å². The first kappa shape index (κ1) is 20.8. The molecule has 162 valence electrons. The van der Waals surface area contributed by atoms with E-state index in [9.17, 15) is 5.26 Å². The van der Waals surface area contributed by atoms with Crippen molar-refractivity contribution in [3.63, 3.8) is 0 Å². The number of nitrogens with zero attached hydrogens (tertiary/aromatic N) is 4. The summed E-state index contributed by atoms with van der Waals surface area (Å²) in [5.41, 5.74) is 6.79. The van der Waals surface area contributed by atoms with Gasteiger partial charge in [0.25, 0.3) is 0 Å². The van der Waals surface area contributed by atoms with Gasteiger partial charge in [-0.2, -0.15) is 5.26 Å². The molecule has 3 heterocycles. The number of para-hydroxylation sites is 2. The minimum Gasteiger partial charge on any atom is -0.357 e. The zero-order valence-electron chi connectivity index (χ0n) is 18.8. The van der Waals surface area contributed by atoms with Gasteiger partial charge in [0.05, 0.1) is 16.6 Å². The molecule has 1 aliphatic rings. The Hall–Kier alpha value is -3.03. The number of anilines is 1. The lowest BCUT2D eigenvalue weighted by molar-refractivity contribution is 0.354. The van der Waals surface area contributed by atoms with Crippen LogP contribution in [-0.4, -0.2) is 22.5 Å². The third-order valence-electron chi connectivity index (χ3n) is 6.67. The standard InChI is InChI=1S/C27H27ClN4/c1-17-12-18(2)16-31(15-17)27-22(13-20-8-10-21(28)11-9-20)19(3)23(14-29)26-30-24-6-4-5-7-25(24)32(26)27/h4-11,17-18H,12-13,15-16H2,1-3H3.